The highest BCUT2D eigenvalue weighted by Gasteiger charge is 2.22. The van der Waals surface area contributed by atoms with E-state index in [2.05, 4.69) is 15.5 Å². The summed E-state index contributed by atoms with van der Waals surface area (Å²) in [4.78, 5) is 23.2. The van der Waals surface area contributed by atoms with E-state index in [0.29, 0.717) is 9.21 Å². The standard InChI is InChI=1S/C13H6Cl2N4O4S/c14-6-1-2-8(19(21)22)7(5-6)11(20)16-13-18-17-12(23-13)9-3-4-10(15)24-9/h1-5H,(H,16,18,20). The van der Waals surface area contributed by atoms with Gasteiger partial charge in [0.1, 0.15) is 5.56 Å². The molecule has 3 rings (SSSR count). The fraction of sp³-hybridized carbons (Fsp3) is 0. The number of thiophene rings is 1. The molecule has 0 aliphatic heterocycles. The summed E-state index contributed by atoms with van der Waals surface area (Å²) in [7, 11) is 0. The fourth-order valence-corrected chi connectivity index (χ4v) is 2.95. The van der Waals surface area contributed by atoms with Crippen molar-refractivity contribution in [3.63, 3.8) is 0 Å². The molecule has 2 aromatic heterocycles. The van der Waals surface area contributed by atoms with Crippen molar-refractivity contribution in [2.24, 2.45) is 0 Å². The normalized spacial score (nSPS) is 10.6. The quantitative estimate of drug-likeness (QED) is 0.530. The average Bonchev–Trinajstić information content (AvgIpc) is 3.15. The first-order valence-electron chi connectivity index (χ1n) is 6.28. The van der Waals surface area contributed by atoms with Crippen molar-refractivity contribution in [1.82, 2.24) is 10.2 Å². The largest absolute Gasteiger partial charge is 0.402 e. The fourth-order valence-electron chi connectivity index (χ4n) is 1.82. The number of nitrogens with one attached hydrogen (secondary N) is 1. The molecule has 0 saturated heterocycles. The molecule has 2 heterocycles. The number of carbonyl (C=O) groups is 1. The Bertz CT molecular complexity index is 940. The highest BCUT2D eigenvalue weighted by Crippen LogP contribution is 2.31. The van der Waals surface area contributed by atoms with E-state index in [9.17, 15) is 14.9 Å². The molecule has 122 valence electrons. The minimum atomic E-state index is -0.788. The van der Waals surface area contributed by atoms with Gasteiger partial charge in [-0.05, 0) is 24.3 Å². The third kappa shape index (κ3) is 3.37. The van der Waals surface area contributed by atoms with Crippen LogP contribution in [0.1, 0.15) is 10.4 Å². The maximum atomic E-state index is 12.2. The number of benzene rings is 1. The van der Waals surface area contributed by atoms with E-state index in [4.69, 9.17) is 27.6 Å². The lowest BCUT2D eigenvalue weighted by molar-refractivity contribution is -0.385. The molecule has 0 aliphatic rings. The Labute approximate surface area is 148 Å². The number of carbonyl (C=O) groups excluding carboxylic acids is 1. The molecule has 0 aliphatic carbocycles. The average molecular weight is 385 g/mol. The van der Waals surface area contributed by atoms with E-state index < -0.39 is 10.8 Å². The minimum Gasteiger partial charge on any atom is -0.402 e. The van der Waals surface area contributed by atoms with Crippen LogP contribution in [0.25, 0.3) is 10.8 Å². The number of hydrogen-bond acceptors (Lipinski definition) is 7. The third-order valence-electron chi connectivity index (χ3n) is 2.83. The van der Waals surface area contributed by atoms with Crippen molar-refractivity contribution in [3.05, 3.63) is 55.4 Å². The molecule has 0 atom stereocenters. The van der Waals surface area contributed by atoms with Crippen molar-refractivity contribution >= 4 is 52.1 Å². The second-order valence-electron chi connectivity index (χ2n) is 4.39. The van der Waals surface area contributed by atoms with E-state index in [1.807, 2.05) is 0 Å². The molecule has 0 fully saturated rings. The first-order valence-corrected chi connectivity index (χ1v) is 7.86. The zero-order valence-electron chi connectivity index (χ0n) is 11.5. The molecule has 0 unspecified atom stereocenters. The van der Waals surface area contributed by atoms with Crippen LogP contribution in [0.4, 0.5) is 11.7 Å². The molecule has 1 amide bonds. The predicted octanol–water partition coefficient (Wildman–Crippen LogP) is 4.27. The molecule has 1 aromatic carbocycles. The van der Waals surface area contributed by atoms with Crippen LogP contribution >= 0.6 is 34.5 Å². The van der Waals surface area contributed by atoms with Gasteiger partial charge >= 0.3 is 6.01 Å². The van der Waals surface area contributed by atoms with Gasteiger partial charge in [0, 0.05) is 11.1 Å². The van der Waals surface area contributed by atoms with Crippen molar-refractivity contribution in [2.45, 2.75) is 0 Å². The SMILES string of the molecule is O=C(Nc1nnc(-c2ccc(Cl)s2)o1)c1cc(Cl)ccc1[N+](=O)[O-]. The second-order valence-corrected chi connectivity index (χ2v) is 6.54. The Balaban J connectivity index is 1.84. The Morgan fingerprint density at radius 2 is 2.04 bits per heavy atom. The number of aromatic nitrogens is 2. The number of hydrogen-bond donors (Lipinski definition) is 1. The smallest absolute Gasteiger partial charge is 0.322 e. The van der Waals surface area contributed by atoms with Crippen molar-refractivity contribution in [2.75, 3.05) is 5.32 Å². The lowest BCUT2D eigenvalue weighted by Gasteiger charge is -2.02. The zero-order chi connectivity index (χ0) is 17.3. The van der Waals surface area contributed by atoms with Gasteiger partial charge < -0.3 is 4.42 Å². The maximum absolute atomic E-state index is 12.2. The van der Waals surface area contributed by atoms with Crippen LogP contribution in [0, 0.1) is 10.1 Å². The molecule has 1 N–H and O–H groups in total. The predicted molar refractivity (Wildman–Crippen MR) is 88.7 cm³/mol. The van der Waals surface area contributed by atoms with Gasteiger partial charge in [0.15, 0.2) is 0 Å². The highest BCUT2D eigenvalue weighted by atomic mass is 35.5. The highest BCUT2D eigenvalue weighted by molar-refractivity contribution is 7.19. The minimum absolute atomic E-state index is 0.169. The molecule has 0 spiro atoms. The van der Waals surface area contributed by atoms with Gasteiger partial charge in [-0.15, -0.1) is 16.4 Å². The zero-order valence-corrected chi connectivity index (χ0v) is 13.9. The van der Waals surface area contributed by atoms with Gasteiger partial charge in [-0.2, -0.15) is 0 Å². The van der Waals surface area contributed by atoms with Crippen LogP contribution in [0.2, 0.25) is 9.36 Å². The summed E-state index contributed by atoms with van der Waals surface area (Å²) in [5.41, 5.74) is -0.604. The van der Waals surface area contributed by atoms with Gasteiger partial charge in [0.05, 0.1) is 14.1 Å². The van der Waals surface area contributed by atoms with E-state index in [1.54, 1.807) is 12.1 Å². The third-order valence-corrected chi connectivity index (χ3v) is 4.28. The van der Waals surface area contributed by atoms with Crippen molar-refractivity contribution in [1.29, 1.82) is 0 Å². The molecule has 0 radical (unpaired) electrons. The molecular formula is C13H6Cl2N4O4S. The second kappa shape index (κ2) is 6.56. The summed E-state index contributed by atoms with van der Waals surface area (Å²) >= 11 is 12.8. The van der Waals surface area contributed by atoms with Gasteiger partial charge in [0.25, 0.3) is 17.5 Å². The Kier molecular flexibility index (Phi) is 4.47. The Morgan fingerprint density at radius 1 is 1.25 bits per heavy atom. The first-order chi connectivity index (χ1) is 11.4. The van der Waals surface area contributed by atoms with Crippen LogP contribution in [0.3, 0.4) is 0 Å². The molecule has 8 nitrogen and oxygen atoms in total. The van der Waals surface area contributed by atoms with Crippen LogP contribution in [0.5, 0.6) is 0 Å². The van der Waals surface area contributed by atoms with E-state index in [-0.39, 0.29) is 28.2 Å². The molecule has 0 saturated carbocycles. The van der Waals surface area contributed by atoms with E-state index in [1.165, 1.54) is 23.5 Å². The molecule has 3 aromatic rings. The molecule has 24 heavy (non-hydrogen) atoms. The molecule has 0 bridgehead atoms. The summed E-state index contributed by atoms with van der Waals surface area (Å²) in [5, 5.41) is 21.0. The monoisotopic (exact) mass is 384 g/mol. The number of nitrogens with zero attached hydrogens (tertiary/aromatic N) is 3. The number of amides is 1. The van der Waals surface area contributed by atoms with E-state index in [0.717, 1.165) is 6.07 Å². The number of halogens is 2. The number of anilines is 1. The van der Waals surface area contributed by atoms with Crippen LogP contribution in [-0.4, -0.2) is 21.0 Å². The number of nitro benzene ring substituents is 1. The Hall–Kier alpha value is -2.49. The van der Waals surface area contributed by atoms with E-state index >= 15 is 0 Å². The summed E-state index contributed by atoms with van der Waals surface area (Å²) in [5.74, 6) is -0.619. The molecular weight excluding hydrogens is 379 g/mol. The van der Waals surface area contributed by atoms with Gasteiger partial charge in [-0.25, -0.2) is 0 Å². The lowest BCUT2D eigenvalue weighted by Crippen LogP contribution is -2.14. The number of rotatable bonds is 4. The summed E-state index contributed by atoms with van der Waals surface area (Å²) in [6, 6.07) is 6.80. The topological polar surface area (TPSA) is 111 Å². The van der Waals surface area contributed by atoms with Gasteiger partial charge in [0.2, 0.25) is 0 Å². The molecule has 11 heteroatoms. The lowest BCUT2D eigenvalue weighted by atomic mass is 10.1. The maximum Gasteiger partial charge on any atom is 0.322 e. The van der Waals surface area contributed by atoms with Gasteiger partial charge in [-0.3, -0.25) is 20.2 Å². The summed E-state index contributed by atoms with van der Waals surface area (Å²) < 4.78 is 5.85. The van der Waals surface area contributed by atoms with Crippen LogP contribution in [-0.2, 0) is 0 Å². The summed E-state index contributed by atoms with van der Waals surface area (Å²) in [6.45, 7) is 0. The Morgan fingerprint density at radius 3 is 2.71 bits per heavy atom. The van der Waals surface area contributed by atoms with Crippen molar-refractivity contribution in [3.8, 4) is 10.8 Å². The van der Waals surface area contributed by atoms with Gasteiger partial charge in [-0.1, -0.05) is 28.3 Å². The number of nitro groups is 1. The summed E-state index contributed by atoms with van der Waals surface area (Å²) in [6.07, 6.45) is 0. The van der Waals surface area contributed by atoms with Crippen LogP contribution < -0.4 is 5.32 Å². The van der Waals surface area contributed by atoms with Crippen molar-refractivity contribution < 1.29 is 14.1 Å². The first kappa shape index (κ1) is 16.4. The van der Waals surface area contributed by atoms with Crippen LogP contribution in [0.15, 0.2) is 34.7 Å².